The van der Waals surface area contributed by atoms with Gasteiger partial charge in [-0.25, -0.2) is 4.79 Å². The molecular formula is C14H26N2O2. The van der Waals surface area contributed by atoms with Gasteiger partial charge in [0.25, 0.3) is 0 Å². The van der Waals surface area contributed by atoms with Gasteiger partial charge in [-0.3, -0.25) is 0 Å². The number of nitrogens with zero attached hydrogens (tertiary/aromatic N) is 1. The summed E-state index contributed by atoms with van der Waals surface area (Å²) in [6.07, 6.45) is 4.58. The Bertz CT molecular complexity index is 320. The first-order chi connectivity index (χ1) is 8.27. The lowest BCUT2D eigenvalue weighted by Crippen LogP contribution is -2.57. The smallest absolute Gasteiger partial charge is 0.410 e. The molecule has 1 N–H and O–H groups in total. The lowest BCUT2D eigenvalue weighted by Gasteiger charge is -2.41. The minimum atomic E-state index is -0.408. The molecule has 0 aromatic rings. The van der Waals surface area contributed by atoms with Crippen LogP contribution in [0.2, 0.25) is 0 Å². The third-order valence-corrected chi connectivity index (χ3v) is 3.48. The van der Waals surface area contributed by atoms with Crippen LogP contribution in [0.15, 0.2) is 0 Å². The van der Waals surface area contributed by atoms with E-state index in [-0.39, 0.29) is 11.6 Å². The van der Waals surface area contributed by atoms with Crippen LogP contribution < -0.4 is 5.32 Å². The quantitative estimate of drug-likeness (QED) is 0.823. The molecule has 1 amide bonds. The van der Waals surface area contributed by atoms with Crippen LogP contribution in [0.25, 0.3) is 0 Å². The summed E-state index contributed by atoms with van der Waals surface area (Å²) in [4.78, 5) is 13.9. The molecule has 2 rings (SSSR count). The number of hydrogen-bond acceptors (Lipinski definition) is 3. The molecule has 18 heavy (non-hydrogen) atoms. The molecule has 0 aromatic heterocycles. The van der Waals surface area contributed by atoms with Gasteiger partial charge in [-0.1, -0.05) is 0 Å². The predicted molar refractivity (Wildman–Crippen MR) is 71.6 cm³/mol. The van der Waals surface area contributed by atoms with Gasteiger partial charge in [0.15, 0.2) is 0 Å². The molecule has 2 fully saturated rings. The number of carbonyl (C=O) groups is 1. The maximum absolute atomic E-state index is 12.1. The zero-order valence-electron chi connectivity index (χ0n) is 12.1. The van der Waals surface area contributed by atoms with Crippen molar-refractivity contribution in [3.8, 4) is 0 Å². The molecule has 2 aliphatic rings. The zero-order valence-corrected chi connectivity index (χ0v) is 12.1. The fraction of sp³-hybridized carbons (Fsp3) is 0.929. The molecule has 1 aliphatic heterocycles. The van der Waals surface area contributed by atoms with Crippen LogP contribution in [0.4, 0.5) is 4.79 Å². The molecule has 1 atom stereocenters. The molecule has 104 valence electrons. The minimum absolute atomic E-state index is 0.0658. The summed E-state index contributed by atoms with van der Waals surface area (Å²) in [7, 11) is 0. The Labute approximate surface area is 110 Å². The second-order valence-corrected chi connectivity index (χ2v) is 6.98. The Morgan fingerprint density at radius 2 is 2.06 bits per heavy atom. The van der Waals surface area contributed by atoms with Crippen LogP contribution in [0.1, 0.15) is 53.4 Å². The average Bonchev–Trinajstić information content (AvgIpc) is 2.98. The largest absolute Gasteiger partial charge is 0.444 e. The highest BCUT2D eigenvalue weighted by atomic mass is 16.6. The number of likely N-dealkylation sites (tertiary alicyclic amines) is 1. The van der Waals surface area contributed by atoms with Gasteiger partial charge in [-0.15, -0.1) is 0 Å². The minimum Gasteiger partial charge on any atom is -0.444 e. The van der Waals surface area contributed by atoms with Gasteiger partial charge in [0.2, 0.25) is 0 Å². The van der Waals surface area contributed by atoms with Crippen LogP contribution in [-0.2, 0) is 4.74 Å². The van der Waals surface area contributed by atoms with Crippen molar-refractivity contribution in [1.29, 1.82) is 0 Å². The van der Waals surface area contributed by atoms with Crippen molar-refractivity contribution in [2.24, 2.45) is 0 Å². The normalized spacial score (nSPS) is 29.2. The lowest BCUT2D eigenvalue weighted by atomic mass is 9.91. The number of amides is 1. The molecule has 4 nitrogen and oxygen atoms in total. The van der Waals surface area contributed by atoms with Crippen LogP contribution in [0.3, 0.4) is 0 Å². The van der Waals surface area contributed by atoms with Gasteiger partial charge in [0.1, 0.15) is 5.60 Å². The molecule has 1 saturated carbocycles. The van der Waals surface area contributed by atoms with Gasteiger partial charge in [0, 0.05) is 24.7 Å². The maximum atomic E-state index is 12.1. The molecule has 0 aromatic carbocycles. The fourth-order valence-corrected chi connectivity index (χ4v) is 2.56. The van der Waals surface area contributed by atoms with Gasteiger partial charge in [-0.05, 0) is 53.4 Å². The maximum Gasteiger partial charge on any atom is 0.410 e. The van der Waals surface area contributed by atoms with Crippen molar-refractivity contribution in [2.45, 2.75) is 70.6 Å². The highest BCUT2D eigenvalue weighted by molar-refractivity contribution is 5.68. The number of piperidine rings is 1. The third kappa shape index (κ3) is 3.87. The second kappa shape index (κ2) is 4.72. The lowest BCUT2D eigenvalue weighted by molar-refractivity contribution is 0.0122. The predicted octanol–water partition coefficient (Wildman–Crippen LogP) is 2.53. The second-order valence-electron chi connectivity index (χ2n) is 6.98. The molecule has 0 bridgehead atoms. The number of carbonyl (C=O) groups excluding carboxylic acids is 1. The highest BCUT2D eigenvalue weighted by Crippen LogP contribution is 2.28. The Morgan fingerprint density at radius 1 is 1.39 bits per heavy atom. The number of nitrogens with one attached hydrogen (secondary N) is 1. The highest BCUT2D eigenvalue weighted by Gasteiger charge is 2.38. The standard InChI is InChI=1S/C14H26N2O2/c1-13(2,3)18-12(17)16-9-5-8-14(4,10-16)15-11-6-7-11/h11,15H,5-10H2,1-4H3. The van der Waals surface area contributed by atoms with E-state index in [1.807, 2.05) is 25.7 Å². The van der Waals surface area contributed by atoms with Crippen LogP contribution >= 0.6 is 0 Å². The van der Waals surface area contributed by atoms with E-state index in [0.717, 1.165) is 25.9 Å². The van der Waals surface area contributed by atoms with Gasteiger partial charge in [0.05, 0.1) is 0 Å². The van der Waals surface area contributed by atoms with Gasteiger partial charge in [-0.2, -0.15) is 0 Å². The third-order valence-electron chi connectivity index (χ3n) is 3.48. The van der Waals surface area contributed by atoms with E-state index in [9.17, 15) is 4.79 Å². The Kier molecular flexibility index (Phi) is 3.58. The van der Waals surface area contributed by atoms with Crippen LogP contribution in [-0.4, -0.2) is 41.3 Å². The summed E-state index contributed by atoms with van der Waals surface area (Å²) in [5.41, 5.74) is -0.342. The van der Waals surface area contributed by atoms with Crippen molar-refractivity contribution in [3.63, 3.8) is 0 Å². The molecule has 1 unspecified atom stereocenters. The van der Waals surface area contributed by atoms with Crippen molar-refractivity contribution in [3.05, 3.63) is 0 Å². The molecule has 1 aliphatic carbocycles. The summed E-state index contributed by atoms with van der Waals surface area (Å²) >= 11 is 0. The molecule has 1 saturated heterocycles. The summed E-state index contributed by atoms with van der Waals surface area (Å²) in [6.45, 7) is 9.54. The molecule has 0 spiro atoms. The van der Waals surface area contributed by atoms with Crippen molar-refractivity contribution in [1.82, 2.24) is 10.2 Å². The van der Waals surface area contributed by atoms with Crippen molar-refractivity contribution in [2.75, 3.05) is 13.1 Å². The molecule has 4 heteroatoms. The zero-order chi connectivity index (χ0) is 13.4. The Hall–Kier alpha value is -0.770. The van der Waals surface area contributed by atoms with Crippen LogP contribution in [0, 0.1) is 0 Å². The molecule has 0 radical (unpaired) electrons. The number of rotatable bonds is 2. The van der Waals surface area contributed by atoms with Gasteiger partial charge >= 0.3 is 6.09 Å². The monoisotopic (exact) mass is 254 g/mol. The topological polar surface area (TPSA) is 41.6 Å². The van der Waals surface area contributed by atoms with Crippen molar-refractivity contribution >= 4 is 6.09 Å². The van der Waals surface area contributed by atoms with Crippen molar-refractivity contribution < 1.29 is 9.53 Å². The number of hydrogen-bond donors (Lipinski definition) is 1. The van der Waals surface area contributed by atoms with E-state index in [4.69, 9.17) is 4.74 Å². The fourth-order valence-electron chi connectivity index (χ4n) is 2.56. The van der Waals surface area contributed by atoms with E-state index in [2.05, 4.69) is 12.2 Å². The first-order valence-corrected chi connectivity index (χ1v) is 7.03. The summed E-state index contributed by atoms with van der Waals surface area (Å²) in [5.74, 6) is 0. The Balaban J connectivity index is 1.90. The summed E-state index contributed by atoms with van der Waals surface area (Å²) in [6, 6.07) is 0.675. The van der Waals surface area contributed by atoms with E-state index in [1.54, 1.807) is 0 Å². The Morgan fingerprint density at radius 3 is 2.61 bits per heavy atom. The van der Waals surface area contributed by atoms with E-state index < -0.39 is 5.60 Å². The SMILES string of the molecule is CC1(NC2CC2)CCCN(C(=O)OC(C)(C)C)C1. The van der Waals surface area contributed by atoms with E-state index >= 15 is 0 Å². The molecular weight excluding hydrogens is 228 g/mol. The van der Waals surface area contributed by atoms with Gasteiger partial charge < -0.3 is 15.0 Å². The van der Waals surface area contributed by atoms with Crippen LogP contribution in [0.5, 0.6) is 0 Å². The van der Waals surface area contributed by atoms with E-state index in [0.29, 0.717) is 6.04 Å². The summed E-state index contributed by atoms with van der Waals surface area (Å²) < 4.78 is 5.45. The first-order valence-electron chi connectivity index (χ1n) is 7.03. The first kappa shape index (κ1) is 13.7. The average molecular weight is 254 g/mol. The summed E-state index contributed by atoms with van der Waals surface area (Å²) in [5, 5.41) is 3.67. The molecule has 1 heterocycles. The van der Waals surface area contributed by atoms with E-state index in [1.165, 1.54) is 12.8 Å². The number of ether oxygens (including phenoxy) is 1.